The molecule has 0 radical (unpaired) electrons. The largest absolute Gasteiger partial charge is 0.334 e. The lowest BCUT2D eigenvalue weighted by Gasteiger charge is -2.18. The highest BCUT2D eigenvalue weighted by Crippen LogP contribution is 2.24. The van der Waals surface area contributed by atoms with Crippen molar-refractivity contribution in [1.82, 2.24) is 24.5 Å². The number of anilines is 3. The van der Waals surface area contributed by atoms with Crippen LogP contribution in [0.15, 0.2) is 49.1 Å². The molecule has 0 unspecified atom stereocenters. The highest BCUT2D eigenvalue weighted by atomic mass is 35.5. The van der Waals surface area contributed by atoms with Crippen LogP contribution in [-0.4, -0.2) is 46.2 Å². The zero-order valence-electron chi connectivity index (χ0n) is 17.8. The summed E-state index contributed by atoms with van der Waals surface area (Å²) in [6.07, 6.45) is 7.04. The first-order valence-corrected chi connectivity index (χ1v) is 12.0. The zero-order valence-corrected chi connectivity index (χ0v) is 19.4. The van der Waals surface area contributed by atoms with Crippen molar-refractivity contribution >= 4 is 50.1 Å². The number of pyridine rings is 1. The van der Waals surface area contributed by atoms with E-state index in [9.17, 15) is 8.42 Å². The molecule has 0 spiro atoms. The lowest BCUT2D eigenvalue weighted by molar-refractivity contribution is 0.599. The van der Waals surface area contributed by atoms with Crippen molar-refractivity contribution < 1.29 is 8.42 Å². The molecule has 0 aliphatic heterocycles. The van der Waals surface area contributed by atoms with Crippen LogP contribution in [0.1, 0.15) is 11.3 Å². The van der Waals surface area contributed by atoms with Gasteiger partial charge in [0.05, 0.1) is 40.5 Å². The second-order valence-corrected chi connectivity index (χ2v) is 9.81. The van der Waals surface area contributed by atoms with Gasteiger partial charge >= 0.3 is 0 Å². The zero-order chi connectivity index (χ0) is 22.9. The molecule has 0 atom stereocenters. The van der Waals surface area contributed by atoms with Gasteiger partial charge in [-0.3, -0.25) is 4.31 Å². The number of halogens is 1. The quantitative estimate of drug-likeness (QED) is 0.440. The number of fused-ring (bicyclic) bond motifs is 1. The third-order valence-corrected chi connectivity index (χ3v) is 6.58. The van der Waals surface area contributed by atoms with Crippen molar-refractivity contribution in [2.45, 2.75) is 12.8 Å². The number of imidazole rings is 1. The number of aromatic nitrogens is 5. The molecule has 1 N–H and O–H groups in total. The van der Waals surface area contributed by atoms with E-state index in [0.29, 0.717) is 35.3 Å². The van der Waals surface area contributed by atoms with E-state index in [4.69, 9.17) is 11.6 Å². The van der Waals surface area contributed by atoms with Crippen molar-refractivity contribution in [3.05, 3.63) is 65.3 Å². The van der Waals surface area contributed by atoms with Crippen LogP contribution in [0.25, 0.3) is 11.0 Å². The van der Waals surface area contributed by atoms with Gasteiger partial charge in [0.15, 0.2) is 0 Å². The maximum atomic E-state index is 11.9. The molecule has 0 aliphatic rings. The van der Waals surface area contributed by atoms with E-state index >= 15 is 0 Å². The van der Waals surface area contributed by atoms with Gasteiger partial charge in [0.1, 0.15) is 5.82 Å². The van der Waals surface area contributed by atoms with Crippen molar-refractivity contribution in [1.29, 1.82) is 0 Å². The van der Waals surface area contributed by atoms with E-state index in [-0.39, 0.29) is 0 Å². The first kappa shape index (κ1) is 22.0. The summed E-state index contributed by atoms with van der Waals surface area (Å²) in [7, 11) is 0.00575. The highest BCUT2D eigenvalue weighted by Gasteiger charge is 2.17. The molecule has 0 saturated heterocycles. The maximum absolute atomic E-state index is 11.9. The fourth-order valence-electron chi connectivity index (χ4n) is 3.30. The summed E-state index contributed by atoms with van der Waals surface area (Å²) in [5.41, 5.74) is 4.14. The Morgan fingerprint density at radius 2 is 1.97 bits per heavy atom. The molecule has 4 rings (SSSR count). The standard InChI is InChI=1S/C21H22ClN7O2S/c1-28-13-25-18-11-15(7-9-19(18)28)26-21-24-12-16(22)17(27-21)8-6-14-5-4-10-23-20(14)29(2)32(3,30)31/h4-5,7,9-13H,6,8H2,1-3H3,(H,24,26,27). The molecule has 0 saturated carbocycles. The Morgan fingerprint density at radius 3 is 2.75 bits per heavy atom. The summed E-state index contributed by atoms with van der Waals surface area (Å²) in [4.78, 5) is 17.4. The molecule has 0 aliphatic carbocycles. The molecule has 0 fully saturated rings. The van der Waals surface area contributed by atoms with Crippen molar-refractivity contribution in [3.63, 3.8) is 0 Å². The molecule has 9 nitrogen and oxygen atoms in total. The molecule has 4 aromatic rings. The lowest BCUT2D eigenvalue weighted by Crippen LogP contribution is -2.27. The van der Waals surface area contributed by atoms with Gasteiger partial charge in [0, 0.05) is 26.0 Å². The number of hydrogen-bond acceptors (Lipinski definition) is 7. The average molecular weight is 472 g/mol. The molecular formula is C21H22ClN7O2S. The van der Waals surface area contributed by atoms with E-state index < -0.39 is 10.0 Å². The summed E-state index contributed by atoms with van der Waals surface area (Å²) in [5.74, 6) is 0.807. The van der Waals surface area contributed by atoms with Crippen LogP contribution in [0.2, 0.25) is 5.02 Å². The molecule has 32 heavy (non-hydrogen) atoms. The van der Waals surface area contributed by atoms with Crippen molar-refractivity contribution in [3.8, 4) is 0 Å². The highest BCUT2D eigenvalue weighted by molar-refractivity contribution is 7.92. The SMILES string of the molecule is CN(c1ncccc1CCc1nc(Nc2ccc3c(c2)ncn3C)ncc1Cl)S(C)(=O)=O. The second kappa shape index (κ2) is 8.71. The van der Waals surface area contributed by atoms with Crippen LogP contribution in [0.4, 0.5) is 17.5 Å². The van der Waals surface area contributed by atoms with Crippen LogP contribution >= 0.6 is 11.6 Å². The number of nitrogens with one attached hydrogen (secondary N) is 1. The number of benzene rings is 1. The van der Waals surface area contributed by atoms with Crippen LogP contribution in [-0.2, 0) is 29.9 Å². The normalized spacial score (nSPS) is 11.6. The van der Waals surface area contributed by atoms with Crippen molar-refractivity contribution in [2.75, 3.05) is 22.9 Å². The molecule has 3 heterocycles. The first-order valence-electron chi connectivity index (χ1n) is 9.79. The van der Waals surface area contributed by atoms with Gasteiger partial charge in [0.2, 0.25) is 16.0 Å². The smallest absolute Gasteiger partial charge is 0.233 e. The Hall–Kier alpha value is -3.24. The second-order valence-electron chi connectivity index (χ2n) is 7.39. The minimum absolute atomic E-state index is 0.391. The topological polar surface area (TPSA) is 106 Å². The molecule has 3 aromatic heterocycles. The van der Waals surface area contributed by atoms with E-state index in [2.05, 4.69) is 25.3 Å². The minimum atomic E-state index is -3.42. The number of nitrogens with zero attached hydrogens (tertiary/aromatic N) is 6. The lowest BCUT2D eigenvalue weighted by atomic mass is 10.1. The molecular weight excluding hydrogens is 450 g/mol. The summed E-state index contributed by atoms with van der Waals surface area (Å²) in [6, 6.07) is 9.46. The Balaban J connectivity index is 1.54. The van der Waals surface area contributed by atoms with E-state index in [1.54, 1.807) is 24.8 Å². The third kappa shape index (κ3) is 4.66. The molecule has 0 amide bonds. The van der Waals surface area contributed by atoms with Crippen LogP contribution in [0, 0.1) is 0 Å². The Labute approximate surface area is 191 Å². The number of rotatable bonds is 7. The monoisotopic (exact) mass is 471 g/mol. The summed E-state index contributed by atoms with van der Waals surface area (Å²) in [5, 5.41) is 3.63. The Bertz CT molecular complexity index is 1390. The summed E-state index contributed by atoms with van der Waals surface area (Å²) in [6.45, 7) is 0. The van der Waals surface area contributed by atoms with Crippen LogP contribution < -0.4 is 9.62 Å². The molecule has 11 heteroatoms. The van der Waals surface area contributed by atoms with E-state index in [0.717, 1.165) is 28.5 Å². The average Bonchev–Trinajstić information content (AvgIpc) is 3.13. The van der Waals surface area contributed by atoms with Crippen LogP contribution in [0.5, 0.6) is 0 Å². The minimum Gasteiger partial charge on any atom is -0.334 e. The molecule has 0 bridgehead atoms. The van der Waals surface area contributed by atoms with Gasteiger partial charge in [-0.15, -0.1) is 0 Å². The summed E-state index contributed by atoms with van der Waals surface area (Å²) < 4.78 is 27.0. The molecule has 1 aromatic carbocycles. The van der Waals surface area contributed by atoms with Gasteiger partial charge in [-0.1, -0.05) is 17.7 Å². The number of hydrogen-bond donors (Lipinski definition) is 1. The van der Waals surface area contributed by atoms with E-state index in [1.165, 1.54) is 11.4 Å². The third-order valence-electron chi connectivity index (χ3n) is 5.09. The molecule has 166 valence electrons. The van der Waals surface area contributed by atoms with E-state index in [1.807, 2.05) is 35.9 Å². The number of sulfonamides is 1. The van der Waals surface area contributed by atoms with Crippen molar-refractivity contribution in [2.24, 2.45) is 7.05 Å². The Kier molecular flexibility index (Phi) is 5.98. The Morgan fingerprint density at radius 1 is 1.16 bits per heavy atom. The fourth-order valence-corrected chi connectivity index (χ4v) is 3.96. The van der Waals surface area contributed by atoms with Gasteiger partial charge in [-0.25, -0.2) is 28.4 Å². The fraction of sp³-hybridized carbons (Fsp3) is 0.238. The summed E-state index contributed by atoms with van der Waals surface area (Å²) >= 11 is 6.33. The first-order chi connectivity index (χ1) is 15.2. The predicted molar refractivity (Wildman–Crippen MR) is 126 cm³/mol. The van der Waals surface area contributed by atoms with Crippen LogP contribution in [0.3, 0.4) is 0 Å². The van der Waals surface area contributed by atoms with Gasteiger partial charge in [0.25, 0.3) is 0 Å². The van der Waals surface area contributed by atoms with Gasteiger partial charge in [-0.2, -0.15) is 0 Å². The maximum Gasteiger partial charge on any atom is 0.233 e. The number of aryl methyl sites for hydroxylation is 3. The van der Waals surface area contributed by atoms with Gasteiger partial charge in [-0.05, 0) is 42.7 Å². The van der Waals surface area contributed by atoms with Gasteiger partial charge < -0.3 is 9.88 Å². The predicted octanol–water partition coefficient (Wildman–Crippen LogP) is 3.34.